The van der Waals surface area contributed by atoms with E-state index >= 15 is 0 Å². The van der Waals surface area contributed by atoms with Gasteiger partial charge in [-0.15, -0.1) is 0 Å². The van der Waals surface area contributed by atoms with Crippen molar-refractivity contribution in [1.29, 1.82) is 0 Å². The molecule has 0 radical (unpaired) electrons. The van der Waals surface area contributed by atoms with Gasteiger partial charge in [0.2, 0.25) is 10.0 Å². The van der Waals surface area contributed by atoms with Gasteiger partial charge in [-0.25, -0.2) is 8.42 Å². The molecule has 2 N–H and O–H groups in total. The quantitative estimate of drug-likeness (QED) is 0.717. The fourth-order valence-corrected chi connectivity index (χ4v) is 4.48. The molecule has 1 heterocycles. The average molecular weight is 354 g/mol. The number of hydrogen-bond acceptors (Lipinski definition) is 3. The Labute approximate surface area is 144 Å². The lowest BCUT2D eigenvalue weighted by atomic mass is 10.2. The van der Waals surface area contributed by atoms with Crippen LogP contribution in [0, 0.1) is 0 Å². The molecule has 1 amide bonds. The summed E-state index contributed by atoms with van der Waals surface area (Å²) in [6, 6.07) is 8.71. The molecule has 0 aliphatic carbocycles. The molecule has 0 aromatic heterocycles. The van der Waals surface area contributed by atoms with E-state index in [4.69, 9.17) is 0 Å². The number of amides is 1. The summed E-state index contributed by atoms with van der Waals surface area (Å²) in [6.07, 6.45) is 2.02. The predicted octanol–water partition coefficient (Wildman–Crippen LogP) is -0.119. The number of quaternary nitrogens is 1. The molecule has 2 rings (SSSR count). The van der Waals surface area contributed by atoms with Crippen LogP contribution in [0.3, 0.4) is 0 Å². The Morgan fingerprint density at radius 3 is 2.46 bits per heavy atom. The van der Waals surface area contributed by atoms with Gasteiger partial charge in [-0.05, 0) is 25.5 Å². The van der Waals surface area contributed by atoms with Crippen LogP contribution in [0.4, 0.5) is 0 Å². The van der Waals surface area contributed by atoms with Crippen LogP contribution in [0.25, 0.3) is 0 Å². The molecule has 134 valence electrons. The third-order valence-corrected chi connectivity index (χ3v) is 6.26. The number of carbonyl (C=O) groups is 1. The van der Waals surface area contributed by atoms with Crippen molar-refractivity contribution >= 4 is 15.9 Å². The third kappa shape index (κ3) is 5.03. The van der Waals surface area contributed by atoms with E-state index in [1.54, 1.807) is 30.3 Å². The second kappa shape index (κ2) is 8.60. The van der Waals surface area contributed by atoms with Gasteiger partial charge in [0.1, 0.15) is 0 Å². The molecule has 1 aromatic carbocycles. The van der Waals surface area contributed by atoms with E-state index in [2.05, 4.69) is 12.2 Å². The van der Waals surface area contributed by atoms with Gasteiger partial charge in [0.15, 0.2) is 6.54 Å². The molecule has 1 aliphatic rings. The minimum absolute atomic E-state index is 0.0466. The van der Waals surface area contributed by atoms with Gasteiger partial charge in [-0.2, -0.15) is 4.31 Å². The molecule has 0 saturated carbocycles. The van der Waals surface area contributed by atoms with Crippen molar-refractivity contribution < 1.29 is 18.1 Å². The van der Waals surface area contributed by atoms with E-state index in [9.17, 15) is 13.2 Å². The van der Waals surface area contributed by atoms with Crippen LogP contribution in [0.5, 0.6) is 0 Å². The van der Waals surface area contributed by atoms with Gasteiger partial charge in [0.05, 0.1) is 31.1 Å². The lowest BCUT2D eigenvalue weighted by Crippen LogP contribution is -3.15. The summed E-state index contributed by atoms with van der Waals surface area (Å²) >= 11 is 0. The van der Waals surface area contributed by atoms with E-state index in [1.807, 2.05) is 6.92 Å². The molecule has 24 heavy (non-hydrogen) atoms. The maximum Gasteiger partial charge on any atom is 0.275 e. The van der Waals surface area contributed by atoms with Crippen molar-refractivity contribution in [2.24, 2.45) is 0 Å². The Kier molecular flexibility index (Phi) is 6.77. The Bertz CT molecular complexity index is 626. The first-order valence-corrected chi connectivity index (χ1v) is 10.1. The maximum atomic E-state index is 12.6. The van der Waals surface area contributed by atoms with E-state index in [1.165, 1.54) is 4.31 Å². The molecule has 7 heteroatoms. The highest BCUT2D eigenvalue weighted by molar-refractivity contribution is 7.89. The van der Waals surface area contributed by atoms with Crippen molar-refractivity contribution in [2.45, 2.75) is 37.6 Å². The van der Waals surface area contributed by atoms with E-state index in [-0.39, 0.29) is 11.9 Å². The number of nitrogens with one attached hydrogen (secondary N) is 2. The monoisotopic (exact) mass is 354 g/mol. The van der Waals surface area contributed by atoms with Gasteiger partial charge in [-0.1, -0.05) is 31.5 Å². The van der Waals surface area contributed by atoms with Crippen LogP contribution >= 0.6 is 0 Å². The van der Waals surface area contributed by atoms with Crippen LogP contribution < -0.4 is 10.2 Å². The second-order valence-corrected chi connectivity index (χ2v) is 8.34. The summed E-state index contributed by atoms with van der Waals surface area (Å²) in [7, 11) is -3.42. The second-order valence-electron chi connectivity index (χ2n) is 6.40. The third-order valence-electron chi connectivity index (χ3n) is 4.35. The highest BCUT2D eigenvalue weighted by atomic mass is 32.2. The van der Waals surface area contributed by atoms with E-state index in [0.717, 1.165) is 17.7 Å². The van der Waals surface area contributed by atoms with Crippen LogP contribution in [-0.4, -0.2) is 57.4 Å². The summed E-state index contributed by atoms with van der Waals surface area (Å²) in [5.74, 6) is 0.0466. The maximum absolute atomic E-state index is 12.6. The van der Waals surface area contributed by atoms with Crippen molar-refractivity contribution in [3.8, 4) is 0 Å². The normalized spacial score (nSPS) is 18.2. The number of sulfonamides is 1. The lowest BCUT2D eigenvalue weighted by Gasteiger charge is -2.31. The number of hydrogen-bond donors (Lipinski definition) is 2. The predicted molar refractivity (Wildman–Crippen MR) is 93.3 cm³/mol. The minimum Gasteiger partial charge on any atom is -0.349 e. The molecule has 1 fully saturated rings. The van der Waals surface area contributed by atoms with Gasteiger partial charge >= 0.3 is 0 Å². The van der Waals surface area contributed by atoms with Crippen LogP contribution in [-0.2, 0) is 14.8 Å². The first-order chi connectivity index (χ1) is 11.4. The average Bonchev–Trinajstić information content (AvgIpc) is 2.56. The van der Waals surface area contributed by atoms with Crippen LogP contribution in [0.15, 0.2) is 35.2 Å². The topological polar surface area (TPSA) is 70.9 Å². The minimum atomic E-state index is -3.42. The molecule has 1 aromatic rings. The summed E-state index contributed by atoms with van der Waals surface area (Å²) in [5.41, 5.74) is 0. The molecular weight excluding hydrogens is 326 g/mol. The Hall–Kier alpha value is -1.44. The zero-order valence-electron chi connectivity index (χ0n) is 14.5. The standard InChI is InChI=1S/C17H27N3O3S/c1-3-7-15(2)18-17(21)14-19-10-12-20(13-11-19)24(22,23)16-8-5-4-6-9-16/h4-6,8-9,15H,3,7,10-14H2,1-2H3,(H,18,21)/p+1/t15-/m0/s1. The molecule has 1 atom stereocenters. The molecule has 0 spiro atoms. The Balaban J connectivity index is 1.84. The fourth-order valence-electron chi connectivity index (χ4n) is 3.02. The Morgan fingerprint density at radius 2 is 1.88 bits per heavy atom. The van der Waals surface area contributed by atoms with Gasteiger partial charge in [0, 0.05) is 6.04 Å². The van der Waals surface area contributed by atoms with Crippen LogP contribution in [0.2, 0.25) is 0 Å². The molecule has 1 saturated heterocycles. The molecule has 6 nitrogen and oxygen atoms in total. The molecule has 0 bridgehead atoms. The number of nitrogens with zero attached hydrogens (tertiary/aromatic N) is 1. The van der Waals surface area contributed by atoms with Gasteiger partial charge in [0.25, 0.3) is 5.91 Å². The number of piperazine rings is 1. The highest BCUT2D eigenvalue weighted by Gasteiger charge is 2.31. The van der Waals surface area contributed by atoms with Crippen molar-refractivity contribution in [1.82, 2.24) is 9.62 Å². The smallest absolute Gasteiger partial charge is 0.275 e. The fraction of sp³-hybridized carbons (Fsp3) is 0.588. The van der Waals surface area contributed by atoms with Gasteiger partial charge < -0.3 is 10.2 Å². The van der Waals surface area contributed by atoms with Gasteiger partial charge in [-0.3, -0.25) is 4.79 Å². The van der Waals surface area contributed by atoms with E-state index < -0.39 is 10.0 Å². The van der Waals surface area contributed by atoms with Crippen molar-refractivity contribution in [2.75, 3.05) is 32.7 Å². The van der Waals surface area contributed by atoms with E-state index in [0.29, 0.717) is 37.6 Å². The number of benzene rings is 1. The Morgan fingerprint density at radius 1 is 1.25 bits per heavy atom. The van der Waals surface area contributed by atoms with Crippen molar-refractivity contribution in [3.05, 3.63) is 30.3 Å². The molecular formula is C17H28N3O3S+. The lowest BCUT2D eigenvalue weighted by molar-refractivity contribution is -0.895. The zero-order valence-corrected chi connectivity index (χ0v) is 15.3. The first-order valence-electron chi connectivity index (χ1n) is 8.61. The molecule has 0 unspecified atom stereocenters. The highest BCUT2D eigenvalue weighted by Crippen LogP contribution is 2.14. The van der Waals surface area contributed by atoms with Crippen molar-refractivity contribution in [3.63, 3.8) is 0 Å². The summed E-state index contributed by atoms with van der Waals surface area (Å²) in [5, 5.41) is 3.00. The summed E-state index contributed by atoms with van der Waals surface area (Å²) in [6.45, 7) is 6.73. The summed E-state index contributed by atoms with van der Waals surface area (Å²) in [4.78, 5) is 13.5. The largest absolute Gasteiger partial charge is 0.349 e. The first kappa shape index (κ1) is 18.9. The number of carbonyl (C=O) groups excluding carboxylic acids is 1. The zero-order chi connectivity index (χ0) is 17.6. The SMILES string of the molecule is CCC[C@H](C)NC(=O)C[NH+]1CCN(S(=O)(=O)c2ccccc2)CC1. The summed E-state index contributed by atoms with van der Waals surface area (Å²) < 4.78 is 26.7. The van der Waals surface area contributed by atoms with Crippen LogP contribution in [0.1, 0.15) is 26.7 Å². The molecule has 1 aliphatic heterocycles. The number of rotatable bonds is 7.